The van der Waals surface area contributed by atoms with E-state index in [-0.39, 0.29) is 27.7 Å². The van der Waals surface area contributed by atoms with Crippen molar-refractivity contribution in [3.63, 3.8) is 0 Å². The molecule has 2 aliphatic rings. The molecule has 5 heteroatoms. The Bertz CT molecular complexity index is 1020. The van der Waals surface area contributed by atoms with Gasteiger partial charge in [0.25, 0.3) is 0 Å². The molecular formula is C33H58O3Si2. The Kier molecular flexibility index (Phi) is 8.90. The van der Waals surface area contributed by atoms with Crippen molar-refractivity contribution in [1.29, 1.82) is 0 Å². The smallest absolute Gasteiger partial charge is 0.250 e. The molecule has 38 heavy (non-hydrogen) atoms. The highest BCUT2D eigenvalue weighted by Gasteiger charge is 2.53. The molecule has 0 amide bonds. The van der Waals surface area contributed by atoms with E-state index in [4.69, 9.17) is 13.6 Å². The minimum Gasteiger partial charge on any atom is -0.543 e. The molecule has 0 radical (unpaired) electrons. The molecule has 0 fully saturated rings. The van der Waals surface area contributed by atoms with Crippen LogP contribution in [-0.2, 0) is 10.8 Å². The van der Waals surface area contributed by atoms with Gasteiger partial charge in [-0.15, -0.1) is 0 Å². The van der Waals surface area contributed by atoms with E-state index in [0.29, 0.717) is 5.92 Å². The Morgan fingerprint density at radius 3 is 2.11 bits per heavy atom. The molecular weight excluding hydrogens is 501 g/mol. The zero-order valence-corrected chi connectivity index (χ0v) is 29.2. The van der Waals surface area contributed by atoms with Gasteiger partial charge in [0.15, 0.2) is 8.32 Å². The summed E-state index contributed by atoms with van der Waals surface area (Å²) < 4.78 is 21.3. The summed E-state index contributed by atoms with van der Waals surface area (Å²) in [6.07, 6.45) is 8.24. The molecule has 1 aliphatic carbocycles. The van der Waals surface area contributed by atoms with Crippen molar-refractivity contribution in [3.8, 4) is 11.5 Å². The van der Waals surface area contributed by atoms with Crippen molar-refractivity contribution in [1.82, 2.24) is 0 Å². The maximum absolute atomic E-state index is 7.17. The van der Waals surface area contributed by atoms with Crippen molar-refractivity contribution in [2.45, 2.75) is 155 Å². The quantitative estimate of drug-likeness (QED) is 0.180. The molecule has 1 aromatic carbocycles. The Morgan fingerprint density at radius 1 is 0.947 bits per heavy atom. The van der Waals surface area contributed by atoms with E-state index in [1.54, 1.807) is 0 Å². The largest absolute Gasteiger partial charge is 0.543 e. The number of rotatable bonds is 8. The van der Waals surface area contributed by atoms with Gasteiger partial charge in [-0.05, 0) is 94.0 Å². The van der Waals surface area contributed by atoms with Gasteiger partial charge in [-0.3, -0.25) is 0 Å². The van der Waals surface area contributed by atoms with Gasteiger partial charge in [0.2, 0.25) is 8.32 Å². The molecule has 3 atom stereocenters. The molecule has 0 spiro atoms. The summed E-state index contributed by atoms with van der Waals surface area (Å²) in [5.74, 6) is 2.67. The predicted octanol–water partition coefficient (Wildman–Crippen LogP) is 10.4. The lowest BCUT2D eigenvalue weighted by atomic mass is 9.66. The average Bonchev–Trinajstić information content (AvgIpc) is 2.70. The molecule has 1 aliphatic heterocycles. The highest BCUT2D eigenvalue weighted by atomic mass is 28.4. The van der Waals surface area contributed by atoms with Crippen molar-refractivity contribution in [2.75, 3.05) is 0 Å². The van der Waals surface area contributed by atoms with Crippen LogP contribution in [-0.4, -0.2) is 28.3 Å². The van der Waals surface area contributed by atoms with E-state index in [9.17, 15) is 0 Å². The maximum Gasteiger partial charge on any atom is 0.250 e. The summed E-state index contributed by atoms with van der Waals surface area (Å²) in [6, 6.07) is 4.70. The third-order valence-corrected chi connectivity index (χ3v) is 18.8. The third kappa shape index (κ3) is 6.46. The van der Waals surface area contributed by atoms with Crippen LogP contribution in [0, 0.1) is 5.92 Å². The van der Waals surface area contributed by atoms with Crippen molar-refractivity contribution < 1.29 is 13.6 Å². The fourth-order valence-corrected chi connectivity index (χ4v) is 7.91. The number of fused-ring (bicyclic) bond motifs is 3. The van der Waals surface area contributed by atoms with Gasteiger partial charge in [0.05, 0.1) is 6.10 Å². The van der Waals surface area contributed by atoms with Crippen LogP contribution in [0.4, 0.5) is 0 Å². The minimum atomic E-state index is -2.05. The molecule has 1 aromatic rings. The van der Waals surface area contributed by atoms with Gasteiger partial charge in [0.1, 0.15) is 17.1 Å². The topological polar surface area (TPSA) is 27.7 Å². The number of benzene rings is 1. The van der Waals surface area contributed by atoms with Gasteiger partial charge in [-0.25, -0.2) is 0 Å². The number of aryl methyl sites for hydroxylation is 1. The van der Waals surface area contributed by atoms with Crippen LogP contribution in [0.25, 0.3) is 0 Å². The summed E-state index contributed by atoms with van der Waals surface area (Å²) >= 11 is 0. The number of hydrogen-bond acceptors (Lipinski definition) is 3. The number of hydrogen-bond donors (Lipinski definition) is 0. The summed E-state index contributed by atoms with van der Waals surface area (Å²) in [5, 5.41) is 0.284. The third-order valence-electron chi connectivity index (χ3n) is 9.97. The Hall–Kier alpha value is -1.05. The number of allylic oxidation sites excluding steroid dienone is 1. The molecule has 0 N–H and O–H groups in total. The minimum absolute atomic E-state index is 0.0442. The van der Waals surface area contributed by atoms with Gasteiger partial charge in [-0.1, -0.05) is 73.0 Å². The fourth-order valence-electron chi connectivity index (χ4n) is 5.63. The van der Waals surface area contributed by atoms with E-state index in [1.165, 1.54) is 36.0 Å². The molecule has 3 nitrogen and oxygen atoms in total. The lowest BCUT2D eigenvalue weighted by Crippen LogP contribution is -2.55. The van der Waals surface area contributed by atoms with Crippen LogP contribution < -0.4 is 9.16 Å². The second-order valence-electron chi connectivity index (χ2n) is 15.7. The van der Waals surface area contributed by atoms with Gasteiger partial charge in [-0.2, -0.15) is 0 Å². The molecule has 1 heterocycles. The van der Waals surface area contributed by atoms with Crippen LogP contribution in [0.3, 0.4) is 0 Å². The first-order valence-electron chi connectivity index (χ1n) is 15.1. The summed E-state index contributed by atoms with van der Waals surface area (Å²) in [4.78, 5) is 0. The second kappa shape index (κ2) is 10.7. The first-order chi connectivity index (χ1) is 17.2. The van der Waals surface area contributed by atoms with Gasteiger partial charge in [0, 0.05) is 17.4 Å². The fraction of sp³-hybridized carbons (Fsp3) is 0.758. The van der Waals surface area contributed by atoms with Crippen LogP contribution in [0.15, 0.2) is 23.8 Å². The maximum atomic E-state index is 7.17. The monoisotopic (exact) mass is 558 g/mol. The summed E-state index contributed by atoms with van der Waals surface area (Å²) in [7, 11) is -4.03. The number of unbranched alkanes of at least 4 members (excludes halogenated alkanes) is 2. The van der Waals surface area contributed by atoms with E-state index >= 15 is 0 Å². The summed E-state index contributed by atoms with van der Waals surface area (Å²) in [5.41, 5.74) is 3.72. The van der Waals surface area contributed by atoms with Crippen LogP contribution in [0.2, 0.25) is 36.3 Å². The highest BCUT2D eigenvalue weighted by Crippen LogP contribution is 2.56. The van der Waals surface area contributed by atoms with Crippen LogP contribution >= 0.6 is 0 Å². The molecule has 0 saturated heterocycles. The Balaban J connectivity index is 2.16. The van der Waals surface area contributed by atoms with E-state index in [1.807, 2.05) is 0 Å². The SMILES string of the molecule is CCCCCc1cc2c(c(O[Si](C)(C)C(C)(C)C)c1)[C@@H]1CC(C)=CC(O[Si](C)(C)C(C)(C)C)[C@H]1C(C)(C)O2. The van der Waals surface area contributed by atoms with E-state index in [0.717, 1.165) is 24.3 Å². The molecule has 3 rings (SSSR count). The molecule has 216 valence electrons. The van der Waals surface area contributed by atoms with Crippen molar-refractivity contribution >= 4 is 16.6 Å². The zero-order chi connectivity index (χ0) is 28.9. The standard InChI is InChI=1S/C33H58O3Si2/c1-15-16-17-18-24-21-26-29(27(22-24)35-37(11,12)31(3,4)5)25-19-23(2)20-28(30(25)33(9,10)34-26)36-38(13,14)32(6,7)8/h20-22,25,28,30H,15-19H2,1-14H3/t25-,28?,30-/m0/s1. The van der Waals surface area contributed by atoms with Crippen LogP contribution in [0.1, 0.15) is 112 Å². The average molecular weight is 559 g/mol. The molecule has 0 saturated carbocycles. The van der Waals surface area contributed by atoms with Crippen LogP contribution in [0.5, 0.6) is 11.5 Å². The second-order valence-corrected chi connectivity index (χ2v) is 25.2. The zero-order valence-electron chi connectivity index (χ0n) is 27.2. The Morgan fingerprint density at radius 2 is 1.55 bits per heavy atom. The Labute approximate surface area is 237 Å². The lowest BCUT2D eigenvalue weighted by Gasteiger charge is -2.52. The highest BCUT2D eigenvalue weighted by molar-refractivity contribution is 6.75. The van der Waals surface area contributed by atoms with E-state index < -0.39 is 16.6 Å². The molecule has 0 aromatic heterocycles. The molecule has 0 bridgehead atoms. The first-order valence-corrected chi connectivity index (χ1v) is 20.9. The lowest BCUT2D eigenvalue weighted by molar-refractivity contribution is -0.0415. The normalized spacial score (nSPS) is 23.7. The molecule has 1 unspecified atom stereocenters. The van der Waals surface area contributed by atoms with Gasteiger partial charge < -0.3 is 13.6 Å². The first kappa shape index (κ1) is 31.5. The number of ether oxygens (including phenoxy) is 1. The van der Waals surface area contributed by atoms with E-state index in [2.05, 4.69) is 114 Å². The van der Waals surface area contributed by atoms with Crippen molar-refractivity contribution in [3.05, 3.63) is 34.9 Å². The van der Waals surface area contributed by atoms with Gasteiger partial charge >= 0.3 is 0 Å². The predicted molar refractivity (Wildman–Crippen MR) is 169 cm³/mol. The summed E-state index contributed by atoms with van der Waals surface area (Å²) in [6.45, 7) is 32.6. The van der Waals surface area contributed by atoms with Crippen molar-refractivity contribution in [2.24, 2.45) is 5.92 Å².